The number of rotatable bonds is 2. The summed E-state index contributed by atoms with van der Waals surface area (Å²) in [5, 5.41) is 10.8. The lowest BCUT2D eigenvalue weighted by molar-refractivity contribution is -0.184. The van der Waals surface area contributed by atoms with E-state index in [1.165, 1.54) is 0 Å². The molecule has 7 heteroatoms. The maximum Gasteiger partial charge on any atom is 0.471 e. The lowest BCUT2D eigenvalue weighted by Crippen LogP contribution is -2.68. The van der Waals surface area contributed by atoms with Crippen LogP contribution in [0.1, 0.15) is 44.9 Å². The summed E-state index contributed by atoms with van der Waals surface area (Å²) >= 11 is 0. The van der Waals surface area contributed by atoms with Gasteiger partial charge < -0.3 is 10.4 Å². The summed E-state index contributed by atoms with van der Waals surface area (Å²) < 4.78 is 36.7. The van der Waals surface area contributed by atoms with Gasteiger partial charge in [0.25, 0.3) is 0 Å². The van der Waals surface area contributed by atoms with Crippen molar-refractivity contribution in [2.24, 2.45) is 5.41 Å². The maximum atomic E-state index is 12.2. The van der Waals surface area contributed by atoms with Gasteiger partial charge in [0.2, 0.25) is 0 Å². The fourth-order valence-electron chi connectivity index (χ4n) is 3.47. The first kappa shape index (κ1) is 14.1. The van der Waals surface area contributed by atoms with Crippen molar-refractivity contribution < 1.29 is 27.9 Å². The topological polar surface area (TPSA) is 66.4 Å². The van der Waals surface area contributed by atoms with Crippen LogP contribution in [0.25, 0.3) is 0 Å². The number of alkyl halides is 3. The molecule has 1 amide bonds. The van der Waals surface area contributed by atoms with Gasteiger partial charge in [-0.25, -0.2) is 4.79 Å². The number of carbonyl (C=O) groups excluding carboxylic acids is 1. The van der Waals surface area contributed by atoms with E-state index in [1.807, 2.05) is 0 Å². The summed E-state index contributed by atoms with van der Waals surface area (Å²) in [4.78, 5) is 22.2. The average molecular weight is 279 g/mol. The van der Waals surface area contributed by atoms with Crippen molar-refractivity contribution in [1.29, 1.82) is 0 Å². The van der Waals surface area contributed by atoms with E-state index in [-0.39, 0.29) is 18.3 Å². The van der Waals surface area contributed by atoms with Gasteiger partial charge in [-0.15, -0.1) is 0 Å². The molecule has 0 atom stereocenters. The van der Waals surface area contributed by atoms with Crippen molar-refractivity contribution in [3.05, 3.63) is 0 Å². The van der Waals surface area contributed by atoms with E-state index in [4.69, 9.17) is 5.11 Å². The second-order valence-electron chi connectivity index (χ2n) is 5.75. The fraction of sp³-hybridized carbons (Fsp3) is 0.833. The zero-order chi connectivity index (χ0) is 14.3. The summed E-state index contributed by atoms with van der Waals surface area (Å²) in [7, 11) is 0. The van der Waals surface area contributed by atoms with Gasteiger partial charge in [0.1, 0.15) is 5.54 Å². The van der Waals surface area contributed by atoms with Gasteiger partial charge in [-0.3, -0.25) is 4.79 Å². The minimum atomic E-state index is -5.04. The molecular weight excluding hydrogens is 263 g/mol. The van der Waals surface area contributed by atoms with Crippen LogP contribution in [0.5, 0.6) is 0 Å². The SMILES string of the molecule is O=C(NC1(C(=O)O)CC2(CCCCC2)C1)C(F)(F)F. The summed E-state index contributed by atoms with van der Waals surface area (Å²) in [5.41, 5.74) is -1.92. The molecule has 0 heterocycles. The third-order valence-corrected chi connectivity index (χ3v) is 4.29. The third-order valence-electron chi connectivity index (χ3n) is 4.29. The molecule has 0 saturated heterocycles. The van der Waals surface area contributed by atoms with Crippen LogP contribution in [0.4, 0.5) is 13.2 Å². The number of hydrogen-bond donors (Lipinski definition) is 2. The summed E-state index contributed by atoms with van der Waals surface area (Å²) in [6, 6.07) is 0. The third kappa shape index (κ3) is 2.55. The largest absolute Gasteiger partial charge is 0.480 e. The Labute approximate surface area is 108 Å². The van der Waals surface area contributed by atoms with Crippen molar-refractivity contribution in [3.63, 3.8) is 0 Å². The molecule has 0 unspecified atom stereocenters. The Morgan fingerprint density at radius 2 is 1.58 bits per heavy atom. The molecule has 0 aromatic carbocycles. The van der Waals surface area contributed by atoms with E-state index < -0.39 is 23.6 Å². The maximum absolute atomic E-state index is 12.2. The predicted octanol–water partition coefficient (Wildman–Crippen LogP) is 2.23. The molecule has 2 aliphatic rings. The van der Waals surface area contributed by atoms with Gasteiger partial charge in [0.05, 0.1) is 0 Å². The van der Waals surface area contributed by atoms with Crippen LogP contribution in [0.15, 0.2) is 0 Å². The summed E-state index contributed by atoms with van der Waals surface area (Å²) in [5.74, 6) is -3.54. The standard InChI is InChI=1S/C12H16F3NO3/c13-12(14,15)8(17)16-11(9(18)19)6-10(7-11)4-2-1-3-5-10/h1-7H2,(H,16,17)(H,18,19). The van der Waals surface area contributed by atoms with E-state index in [9.17, 15) is 22.8 Å². The highest BCUT2D eigenvalue weighted by atomic mass is 19.4. The zero-order valence-corrected chi connectivity index (χ0v) is 10.3. The van der Waals surface area contributed by atoms with Crippen LogP contribution in [0.2, 0.25) is 0 Å². The number of halogens is 3. The smallest absolute Gasteiger partial charge is 0.471 e. The van der Waals surface area contributed by atoms with Gasteiger partial charge in [-0.05, 0) is 31.1 Å². The van der Waals surface area contributed by atoms with Crippen LogP contribution >= 0.6 is 0 Å². The van der Waals surface area contributed by atoms with Gasteiger partial charge >= 0.3 is 18.1 Å². The predicted molar refractivity (Wildman–Crippen MR) is 59.3 cm³/mol. The average Bonchev–Trinajstić information content (AvgIpc) is 2.26. The number of amides is 1. The molecule has 0 aliphatic heterocycles. The van der Waals surface area contributed by atoms with Gasteiger partial charge in [0, 0.05) is 0 Å². The molecule has 1 spiro atoms. The normalized spacial score (nSPS) is 24.6. The van der Waals surface area contributed by atoms with Gasteiger partial charge in [-0.1, -0.05) is 19.3 Å². The molecule has 0 bridgehead atoms. The molecule has 2 saturated carbocycles. The van der Waals surface area contributed by atoms with Crippen molar-refractivity contribution in [3.8, 4) is 0 Å². The van der Waals surface area contributed by atoms with E-state index in [0.29, 0.717) is 0 Å². The van der Waals surface area contributed by atoms with Crippen LogP contribution < -0.4 is 5.32 Å². The van der Waals surface area contributed by atoms with Crippen molar-refractivity contribution in [1.82, 2.24) is 5.32 Å². The lowest BCUT2D eigenvalue weighted by atomic mass is 9.52. The first-order chi connectivity index (χ1) is 8.69. The van der Waals surface area contributed by atoms with E-state index >= 15 is 0 Å². The second kappa shape index (κ2) is 4.38. The molecule has 0 radical (unpaired) electrons. The van der Waals surface area contributed by atoms with Crippen molar-refractivity contribution in [2.45, 2.75) is 56.7 Å². The molecule has 2 aliphatic carbocycles. The molecule has 2 rings (SSSR count). The zero-order valence-electron chi connectivity index (χ0n) is 10.3. The monoisotopic (exact) mass is 279 g/mol. The molecule has 108 valence electrons. The number of hydrogen-bond acceptors (Lipinski definition) is 2. The number of nitrogens with one attached hydrogen (secondary N) is 1. The number of aliphatic carboxylic acids is 1. The minimum absolute atomic E-state index is 0.108. The van der Waals surface area contributed by atoms with Gasteiger partial charge in [0.15, 0.2) is 0 Å². The molecule has 0 aromatic heterocycles. The number of carbonyl (C=O) groups is 2. The van der Waals surface area contributed by atoms with Crippen LogP contribution in [0, 0.1) is 5.41 Å². The molecular formula is C12H16F3NO3. The molecule has 0 aromatic rings. The quantitative estimate of drug-likeness (QED) is 0.814. The van der Waals surface area contributed by atoms with E-state index in [2.05, 4.69) is 0 Å². The Hall–Kier alpha value is -1.27. The Bertz CT molecular complexity index is 392. The molecule has 2 fully saturated rings. The first-order valence-electron chi connectivity index (χ1n) is 6.32. The van der Waals surface area contributed by atoms with Crippen molar-refractivity contribution >= 4 is 11.9 Å². The molecule has 19 heavy (non-hydrogen) atoms. The fourth-order valence-corrected chi connectivity index (χ4v) is 3.47. The highest BCUT2D eigenvalue weighted by molar-refractivity contribution is 5.90. The lowest BCUT2D eigenvalue weighted by Gasteiger charge is -2.55. The van der Waals surface area contributed by atoms with Crippen molar-refractivity contribution in [2.75, 3.05) is 0 Å². The Kier molecular flexibility index (Phi) is 3.26. The van der Waals surface area contributed by atoms with E-state index in [0.717, 1.165) is 32.1 Å². The Morgan fingerprint density at radius 3 is 2.00 bits per heavy atom. The molecule has 4 nitrogen and oxygen atoms in total. The second-order valence-corrected chi connectivity index (χ2v) is 5.75. The van der Waals surface area contributed by atoms with Crippen LogP contribution in [0.3, 0.4) is 0 Å². The highest BCUT2D eigenvalue weighted by Gasteiger charge is 2.61. The summed E-state index contributed by atoms with van der Waals surface area (Å²) in [6.07, 6.45) is -0.123. The Morgan fingerprint density at radius 1 is 1.05 bits per heavy atom. The first-order valence-corrected chi connectivity index (χ1v) is 6.32. The highest BCUT2D eigenvalue weighted by Crippen LogP contribution is 2.56. The van der Waals surface area contributed by atoms with Gasteiger partial charge in [-0.2, -0.15) is 13.2 Å². The minimum Gasteiger partial charge on any atom is -0.480 e. The molecule has 2 N–H and O–H groups in total. The summed E-state index contributed by atoms with van der Waals surface area (Å²) in [6.45, 7) is 0. The van der Waals surface area contributed by atoms with Crippen LogP contribution in [-0.2, 0) is 9.59 Å². The number of carboxylic acids is 1. The van der Waals surface area contributed by atoms with E-state index in [1.54, 1.807) is 5.32 Å². The van der Waals surface area contributed by atoms with Crippen LogP contribution in [-0.4, -0.2) is 28.7 Å². The Balaban J connectivity index is 2.06. The number of carboxylic acid groups (broad SMARTS) is 1.